The second-order valence-electron chi connectivity index (χ2n) is 5.92. The van der Waals surface area contributed by atoms with E-state index < -0.39 is 5.97 Å². The van der Waals surface area contributed by atoms with E-state index in [2.05, 4.69) is 5.32 Å². The number of benzene rings is 3. The second-order valence-corrected chi connectivity index (χ2v) is 6.71. The van der Waals surface area contributed by atoms with Crippen molar-refractivity contribution in [3.8, 4) is 0 Å². The minimum atomic E-state index is -0.485. The van der Waals surface area contributed by atoms with Gasteiger partial charge < -0.3 is 14.8 Å². The first-order valence-electron chi connectivity index (χ1n) is 9.10. The SMILES string of the molecule is CCOCOC(=O)c1ccccc1Nc1c(Cl)ccc(C)c1Cl.c1ccccc1. The minimum absolute atomic E-state index is 0.0877. The van der Waals surface area contributed by atoms with Gasteiger partial charge in [0.2, 0.25) is 0 Å². The molecular weight excluding hydrogens is 409 g/mol. The van der Waals surface area contributed by atoms with Gasteiger partial charge in [-0.1, -0.05) is 77.8 Å². The number of halogens is 2. The zero-order valence-electron chi connectivity index (χ0n) is 16.3. The molecule has 3 aromatic rings. The Labute approximate surface area is 181 Å². The molecule has 29 heavy (non-hydrogen) atoms. The number of rotatable bonds is 6. The van der Waals surface area contributed by atoms with E-state index in [4.69, 9.17) is 32.7 Å². The van der Waals surface area contributed by atoms with Crippen LogP contribution in [0.5, 0.6) is 0 Å². The summed E-state index contributed by atoms with van der Waals surface area (Å²) in [6.07, 6.45) is 0. The maximum atomic E-state index is 12.2. The summed E-state index contributed by atoms with van der Waals surface area (Å²) >= 11 is 12.5. The number of ether oxygens (including phenoxy) is 2. The zero-order valence-corrected chi connectivity index (χ0v) is 17.8. The lowest BCUT2D eigenvalue weighted by Gasteiger charge is -2.15. The molecule has 1 N–H and O–H groups in total. The van der Waals surface area contributed by atoms with Crippen LogP contribution in [0, 0.1) is 6.92 Å². The summed E-state index contributed by atoms with van der Waals surface area (Å²) in [6.45, 7) is 4.09. The van der Waals surface area contributed by atoms with Crippen LogP contribution in [0.1, 0.15) is 22.8 Å². The van der Waals surface area contributed by atoms with Crippen LogP contribution in [-0.2, 0) is 9.47 Å². The Morgan fingerprint density at radius 1 is 0.931 bits per heavy atom. The van der Waals surface area contributed by atoms with E-state index >= 15 is 0 Å². The van der Waals surface area contributed by atoms with Gasteiger partial charge in [-0.3, -0.25) is 0 Å². The van der Waals surface area contributed by atoms with Crippen LogP contribution in [0.25, 0.3) is 0 Å². The Kier molecular flexibility index (Phi) is 9.51. The summed E-state index contributed by atoms with van der Waals surface area (Å²) in [6, 6.07) is 22.6. The molecule has 0 saturated heterocycles. The van der Waals surface area contributed by atoms with Crippen molar-refractivity contribution < 1.29 is 14.3 Å². The maximum Gasteiger partial charge on any atom is 0.342 e. The smallest absolute Gasteiger partial charge is 0.342 e. The first-order valence-corrected chi connectivity index (χ1v) is 9.85. The molecule has 0 fully saturated rings. The number of esters is 1. The van der Waals surface area contributed by atoms with Crippen LogP contribution in [0.2, 0.25) is 10.0 Å². The number of nitrogens with one attached hydrogen (secondary N) is 1. The Morgan fingerprint density at radius 2 is 1.55 bits per heavy atom. The van der Waals surface area contributed by atoms with Gasteiger partial charge in [0.15, 0.2) is 6.79 Å². The largest absolute Gasteiger partial charge is 0.435 e. The van der Waals surface area contributed by atoms with Crippen molar-refractivity contribution in [2.75, 3.05) is 18.7 Å². The Hall–Kier alpha value is -2.53. The molecule has 3 rings (SSSR count). The molecule has 0 bridgehead atoms. The number of hydrogen-bond donors (Lipinski definition) is 1. The van der Waals surface area contributed by atoms with Crippen LogP contribution >= 0.6 is 23.2 Å². The number of anilines is 2. The van der Waals surface area contributed by atoms with Crippen molar-refractivity contribution in [2.24, 2.45) is 0 Å². The van der Waals surface area contributed by atoms with E-state index in [0.717, 1.165) is 5.56 Å². The first kappa shape index (κ1) is 22.8. The van der Waals surface area contributed by atoms with E-state index in [9.17, 15) is 4.79 Å². The van der Waals surface area contributed by atoms with Crippen molar-refractivity contribution in [1.82, 2.24) is 0 Å². The molecule has 0 heterocycles. The van der Waals surface area contributed by atoms with E-state index in [1.807, 2.05) is 56.3 Å². The van der Waals surface area contributed by atoms with Gasteiger partial charge in [0.05, 0.1) is 27.0 Å². The van der Waals surface area contributed by atoms with Crippen LogP contribution in [0.4, 0.5) is 11.4 Å². The summed E-state index contributed by atoms with van der Waals surface area (Å²) in [5.74, 6) is -0.485. The van der Waals surface area contributed by atoms with Crippen molar-refractivity contribution in [2.45, 2.75) is 13.8 Å². The molecule has 0 radical (unpaired) electrons. The van der Waals surface area contributed by atoms with Crippen molar-refractivity contribution >= 4 is 40.5 Å². The first-order chi connectivity index (χ1) is 14.0. The van der Waals surface area contributed by atoms with Gasteiger partial charge in [0.25, 0.3) is 0 Å². The van der Waals surface area contributed by atoms with Gasteiger partial charge in [-0.15, -0.1) is 0 Å². The molecule has 0 aliphatic carbocycles. The Bertz CT molecular complexity index is 891. The lowest BCUT2D eigenvalue weighted by atomic mass is 10.1. The van der Waals surface area contributed by atoms with Crippen molar-refractivity contribution in [3.63, 3.8) is 0 Å². The molecular formula is C23H23Cl2NO3. The van der Waals surface area contributed by atoms with E-state index in [1.165, 1.54) is 0 Å². The third-order valence-electron chi connectivity index (χ3n) is 3.83. The fraction of sp³-hybridized carbons (Fsp3) is 0.174. The minimum Gasteiger partial charge on any atom is -0.435 e. The number of carbonyl (C=O) groups is 1. The highest BCUT2D eigenvalue weighted by molar-refractivity contribution is 6.39. The summed E-state index contributed by atoms with van der Waals surface area (Å²) in [4.78, 5) is 12.2. The van der Waals surface area contributed by atoms with E-state index in [-0.39, 0.29) is 6.79 Å². The van der Waals surface area contributed by atoms with E-state index in [1.54, 1.807) is 30.3 Å². The second kappa shape index (κ2) is 12.1. The summed E-state index contributed by atoms with van der Waals surface area (Å²) in [7, 11) is 0. The van der Waals surface area contributed by atoms with Gasteiger partial charge in [0.1, 0.15) is 0 Å². The fourth-order valence-electron chi connectivity index (χ4n) is 2.32. The Morgan fingerprint density at radius 3 is 2.17 bits per heavy atom. The van der Waals surface area contributed by atoms with Gasteiger partial charge in [-0.25, -0.2) is 4.79 Å². The highest BCUT2D eigenvalue weighted by Gasteiger charge is 2.15. The molecule has 0 atom stereocenters. The number of aryl methyl sites for hydroxylation is 1. The third-order valence-corrected chi connectivity index (χ3v) is 4.64. The molecule has 6 heteroatoms. The molecule has 4 nitrogen and oxygen atoms in total. The molecule has 3 aromatic carbocycles. The third kappa shape index (κ3) is 7.09. The Balaban J connectivity index is 0.000000426. The molecule has 152 valence electrons. The monoisotopic (exact) mass is 431 g/mol. The van der Waals surface area contributed by atoms with E-state index in [0.29, 0.717) is 33.6 Å². The topological polar surface area (TPSA) is 47.6 Å². The molecule has 0 saturated carbocycles. The average Bonchev–Trinajstić information content (AvgIpc) is 2.76. The van der Waals surface area contributed by atoms with Gasteiger partial charge in [-0.2, -0.15) is 0 Å². The predicted octanol–water partition coefficient (Wildman–Crippen LogP) is 6.88. The maximum absolute atomic E-state index is 12.2. The lowest BCUT2D eigenvalue weighted by molar-refractivity contribution is -0.0273. The standard InChI is InChI=1S/C17H17Cl2NO3.C6H6/c1-3-22-10-23-17(21)12-6-4-5-7-14(12)20-16-13(18)9-8-11(2)15(16)19;1-2-4-6-5-3-1/h4-9,20H,3,10H2,1-2H3;1-6H. The van der Waals surface area contributed by atoms with Crippen LogP contribution in [0.3, 0.4) is 0 Å². The normalized spacial score (nSPS) is 9.93. The number of carbonyl (C=O) groups excluding carboxylic acids is 1. The summed E-state index contributed by atoms with van der Waals surface area (Å²) < 4.78 is 10.1. The lowest BCUT2D eigenvalue weighted by Crippen LogP contribution is -2.11. The predicted molar refractivity (Wildman–Crippen MR) is 119 cm³/mol. The van der Waals surface area contributed by atoms with Gasteiger partial charge >= 0.3 is 5.97 Å². The molecule has 0 spiro atoms. The van der Waals surface area contributed by atoms with Crippen LogP contribution in [-0.4, -0.2) is 19.4 Å². The molecule has 0 amide bonds. The van der Waals surface area contributed by atoms with Crippen molar-refractivity contribution in [1.29, 1.82) is 0 Å². The van der Waals surface area contributed by atoms with Crippen LogP contribution in [0.15, 0.2) is 72.8 Å². The molecule has 0 aromatic heterocycles. The zero-order chi connectivity index (χ0) is 21.1. The summed E-state index contributed by atoms with van der Waals surface area (Å²) in [5, 5.41) is 4.10. The molecule has 0 aliphatic rings. The highest BCUT2D eigenvalue weighted by Crippen LogP contribution is 2.36. The number of hydrogen-bond acceptors (Lipinski definition) is 4. The fourth-order valence-corrected chi connectivity index (χ4v) is 2.78. The molecule has 0 aliphatic heterocycles. The quantitative estimate of drug-likeness (QED) is 0.262. The summed E-state index contributed by atoms with van der Waals surface area (Å²) in [5.41, 5.74) is 2.37. The van der Waals surface area contributed by atoms with Gasteiger partial charge in [0, 0.05) is 6.61 Å². The average molecular weight is 432 g/mol. The van der Waals surface area contributed by atoms with Crippen LogP contribution < -0.4 is 5.32 Å². The molecule has 0 unspecified atom stereocenters. The number of para-hydroxylation sites is 1. The van der Waals surface area contributed by atoms with Gasteiger partial charge in [-0.05, 0) is 37.6 Å². The highest BCUT2D eigenvalue weighted by atomic mass is 35.5. The van der Waals surface area contributed by atoms with Crippen molar-refractivity contribution in [3.05, 3.63) is 94.0 Å².